The van der Waals surface area contributed by atoms with Crippen molar-refractivity contribution in [2.45, 2.75) is 50.8 Å². The Balaban J connectivity index is 2.37. The van der Waals surface area contributed by atoms with Crippen molar-refractivity contribution >= 4 is 9.84 Å². The minimum absolute atomic E-state index is 0.0692. The van der Waals surface area contributed by atoms with Gasteiger partial charge in [-0.25, -0.2) is 8.42 Å². The fourth-order valence-corrected chi connectivity index (χ4v) is 3.32. The first-order chi connectivity index (χ1) is 7.60. The van der Waals surface area contributed by atoms with Gasteiger partial charge in [-0.2, -0.15) is 0 Å². The van der Waals surface area contributed by atoms with Crippen LogP contribution in [0.15, 0.2) is 0 Å². The monoisotopic (exact) mass is 262 g/mol. The molecule has 17 heavy (non-hydrogen) atoms. The van der Waals surface area contributed by atoms with Crippen molar-refractivity contribution in [1.29, 1.82) is 0 Å². The molecule has 0 bridgehead atoms. The maximum atomic E-state index is 11.9. The van der Waals surface area contributed by atoms with Crippen LogP contribution >= 0.6 is 0 Å². The van der Waals surface area contributed by atoms with Crippen LogP contribution in [0.2, 0.25) is 0 Å². The number of likely N-dealkylation sites (tertiary alicyclic amines) is 1. The van der Waals surface area contributed by atoms with Crippen molar-refractivity contribution < 1.29 is 8.42 Å². The first-order valence-corrected chi connectivity index (χ1v) is 7.98. The highest BCUT2D eigenvalue weighted by Gasteiger charge is 2.39. The molecule has 0 saturated carbocycles. The summed E-state index contributed by atoms with van der Waals surface area (Å²) in [6, 6.07) is 0. The molecule has 0 aromatic carbocycles. The quantitative estimate of drug-likeness (QED) is 0.803. The SMILES string of the molecule is CCCC1(N)CN(CCS(=O)(=O)C(C)(C)C)C1. The fourth-order valence-electron chi connectivity index (χ4n) is 2.21. The van der Waals surface area contributed by atoms with Crippen LogP contribution in [0.25, 0.3) is 0 Å². The first kappa shape index (κ1) is 14.9. The summed E-state index contributed by atoms with van der Waals surface area (Å²) in [7, 11) is -3.00. The zero-order chi connectivity index (χ0) is 13.3. The molecule has 0 amide bonds. The zero-order valence-corrected chi connectivity index (χ0v) is 12.3. The number of hydrogen-bond acceptors (Lipinski definition) is 4. The molecule has 0 unspecified atom stereocenters. The molecular weight excluding hydrogens is 236 g/mol. The Hall–Kier alpha value is -0.130. The Morgan fingerprint density at radius 3 is 2.24 bits per heavy atom. The molecule has 0 spiro atoms. The molecule has 0 aliphatic carbocycles. The Morgan fingerprint density at radius 1 is 1.29 bits per heavy atom. The molecule has 0 aromatic rings. The molecular formula is C12H26N2O2S. The molecule has 1 fully saturated rings. The van der Waals surface area contributed by atoms with Gasteiger partial charge in [-0.15, -0.1) is 0 Å². The minimum Gasteiger partial charge on any atom is -0.323 e. The van der Waals surface area contributed by atoms with Crippen LogP contribution in [0, 0.1) is 0 Å². The summed E-state index contributed by atoms with van der Waals surface area (Å²) in [6.07, 6.45) is 2.11. The third kappa shape index (κ3) is 3.66. The van der Waals surface area contributed by atoms with Gasteiger partial charge in [0, 0.05) is 25.2 Å². The number of nitrogens with two attached hydrogens (primary N) is 1. The molecule has 5 heteroatoms. The summed E-state index contributed by atoms with van der Waals surface area (Å²) in [5, 5.41) is 0. The largest absolute Gasteiger partial charge is 0.323 e. The summed E-state index contributed by atoms with van der Waals surface area (Å²) >= 11 is 0. The number of rotatable bonds is 5. The standard InChI is InChI=1S/C12H26N2O2S/c1-5-6-12(13)9-14(10-12)7-8-17(15,16)11(2,3)4/h5-10,13H2,1-4H3. The minimum atomic E-state index is -3.00. The highest BCUT2D eigenvalue weighted by molar-refractivity contribution is 7.92. The van der Waals surface area contributed by atoms with Gasteiger partial charge in [0.25, 0.3) is 0 Å². The summed E-state index contributed by atoms with van der Waals surface area (Å²) in [5.41, 5.74) is 6.07. The van der Waals surface area contributed by atoms with E-state index in [9.17, 15) is 8.42 Å². The Labute approximate surface area is 105 Å². The molecule has 4 nitrogen and oxygen atoms in total. The molecule has 2 N–H and O–H groups in total. The number of nitrogens with zero attached hydrogens (tertiary/aromatic N) is 1. The summed E-state index contributed by atoms with van der Waals surface area (Å²) in [4.78, 5) is 2.14. The van der Waals surface area contributed by atoms with Crippen molar-refractivity contribution in [2.24, 2.45) is 5.73 Å². The molecule has 1 rings (SSSR count). The third-order valence-corrected chi connectivity index (χ3v) is 6.02. The van der Waals surface area contributed by atoms with Crippen LogP contribution in [0.3, 0.4) is 0 Å². The van der Waals surface area contributed by atoms with Crippen molar-refractivity contribution in [1.82, 2.24) is 4.90 Å². The summed E-state index contributed by atoms with van der Waals surface area (Å²) < 4.78 is 23.2. The molecule has 0 atom stereocenters. The third-order valence-electron chi connectivity index (χ3n) is 3.43. The molecule has 1 aliphatic rings. The van der Waals surface area contributed by atoms with Gasteiger partial charge in [0.05, 0.1) is 10.5 Å². The van der Waals surface area contributed by atoms with E-state index in [-0.39, 0.29) is 11.3 Å². The zero-order valence-electron chi connectivity index (χ0n) is 11.5. The van der Waals surface area contributed by atoms with E-state index in [1.54, 1.807) is 20.8 Å². The van der Waals surface area contributed by atoms with E-state index in [4.69, 9.17) is 5.73 Å². The predicted octanol–water partition coefficient (Wildman–Crippen LogP) is 1.01. The molecule has 1 aliphatic heterocycles. The van der Waals surface area contributed by atoms with Crippen LogP contribution < -0.4 is 5.73 Å². The molecule has 0 aromatic heterocycles. The van der Waals surface area contributed by atoms with Crippen LogP contribution in [0.5, 0.6) is 0 Å². The molecule has 1 heterocycles. The van der Waals surface area contributed by atoms with Gasteiger partial charge in [-0.05, 0) is 27.2 Å². The van der Waals surface area contributed by atoms with Crippen molar-refractivity contribution in [3.8, 4) is 0 Å². The lowest BCUT2D eigenvalue weighted by molar-refractivity contribution is 0.0702. The summed E-state index contributed by atoms with van der Waals surface area (Å²) in [6.45, 7) is 9.67. The molecule has 102 valence electrons. The predicted molar refractivity (Wildman–Crippen MR) is 71.8 cm³/mol. The fraction of sp³-hybridized carbons (Fsp3) is 1.00. The van der Waals surface area contributed by atoms with Crippen LogP contribution in [-0.4, -0.2) is 49.0 Å². The van der Waals surface area contributed by atoms with Gasteiger partial charge in [0.1, 0.15) is 0 Å². The maximum Gasteiger partial charge on any atom is 0.156 e. The second-order valence-electron chi connectivity index (χ2n) is 6.25. The van der Waals surface area contributed by atoms with Gasteiger partial charge >= 0.3 is 0 Å². The topological polar surface area (TPSA) is 63.4 Å². The lowest BCUT2D eigenvalue weighted by atomic mass is 9.86. The normalized spacial score (nSPS) is 21.2. The molecule has 0 radical (unpaired) electrons. The molecule has 1 saturated heterocycles. The Kier molecular flexibility index (Phi) is 4.27. The lowest BCUT2D eigenvalue weighted by Crippen LogP contribution is -2.67. The van der Waals surface area contributed by atoms with E-state index in [1.807, 2.05) is 0 Å². The summed E-state index contributed by atoms with van der Waals surface area (Å²) in [5.74, 6) is 0.235. The Morgan fingerprint density at radius 2 is 1.82 bits per heavy atom. The van der Waals surface area contributed by atoms with Crippen LogP contribution in [0.1, 0.15) is 40.5 Å². The van der Waals surface area contributed by atoms with Crippen LogP contribution in [-0.2, 0) is 9.84 Å². The van der Waals surface area contributed by atoms with Gasteiger partial charge in [0.15, 0.2) is 9.84 Å². The van der Waals surface area contributed by atoms with Crippen molar-refractivity contribution in [3.63, 3.8) is 0 Å². The second kappa shape index (κ2) is 4.86. The number of sulfone groups is 1. The van der Waals surface area contributed by atoms with Gasteiger partial charge in [-0.3, -0.25) is 4.90 Å². The van der Waals surface area contributed by atoms with E-state index in [2.05, 4.69) is 11.8 Å². The smallest absolute Gasteiger partial charge is 0.156 e. The van der Waals surface area contributed by atoms with E-state index >= 15 is 0 Å². The van der Waals surface area contributed by atoms with E-state index < -0.39 is 14.6 Å². The van der Waals surface area contributed by atoms with Crippen molar-refractivity contribution in [2.75, 3.05) is 25.4 Å². The average Bonchev–Trinajstić information content (AvgIpc) is 2.10. The number of hydrogen-bond donors (Lipinski definition) is 1. The second-order valence-corrected chi connectivity index (χ2v) is 9.12. The first-order valence-electron chi connectivity index (χ1n) is 6.33. The van der Waals surface area contributed by atoms with Gasteiger partial charge < -0.3 is 5.73 Å². The van der Waals surface area contributed by atoms with E-state index in [0.717, 1.165) is 25.9 Å². The van der Waals surface area contributed by atoms with Crippen molar-refractivity contribution in [3.05, 3.63) is 0 Å². The van der Waals surface area contributed by atoms with E-state index in [0.29, 0.717) is 6.54 Å². The Bertz CT molecular complexity index is 351. The maximum absolute atomic E-state index is 11.9. The highest BCUT2D eigenvalue weighted by atomic mass is 32.2. The van der Waals surface area contributed by atoms with Gasteiger partial charge in [0.2, 0.25) is 0 Å². The lowest BCUT2D eigenvalue weighted by Gasteiger charge is -2.48. The average molecular weight is 262 g/mol. The van der Waals surface area contributed by atoms with Crippen LogP contribution in [0.4, 0.5) is 0 Å². The van der Waals surface area contributed by atoms with Gasteiger partial charge in [-0.1, -0.05) is 13.3 Å². The highest BCUT2D eigenvalue weighted by Crippen LogP contribution is 2.24. The van der Waals surface area contributed by atoms with E-state index in [1.165, 1.54) is 0 Å².